The highest BCUT2D eigenvalue weighted by atomic mass is 32.2. The van der Waals surface area contributed by atoms with Gasteiger partial charge in [0.25, 0.3) is 0 Å². The second kappa shape index (κ2) is 3.82. The van der Waals surface area contributed by atoms with Gasteiger partial charge in [-0.05, 0) is 32.9 Å². The van der Waals surface area contributed by atoms with Crippen LogP contribution >= 0.6 is 11.8 Å². The molecule has 0 aromatic heterocycles. The third kappa shape index (κ3) is 2.98. The summed E-state index contributed by atoms with van der Waals surface area (Å²) in [6.45, 7) is 6.37. The van der Waals surface area contributed by atoms with Gasteiger partial charge in [-0.2, -0.15) is 0 Å². The molecule has 1 heteroatoms. The van der Waals surface area contributed by atoms with Crippen LogP contribution in [0, 0.1) is 12.2 Å². The number of rotatable bonds is 2. The zero-order chi connectivity index (χ0) is 8.27. The first-order valence-corrected chi connectivity index (χ1v) is 4.55. The topological polar surface area (TPSA) is 0 Å². The molecule has 0 saturated carbocycles. The van der Waals surface area contributed by atoms with Crippen LogP contribution in [0.25, 0.3) is 0 Å². The molecule has 1 rings (SSSR count). The van der Waals surface area contributed by atoms with Gasteiger partial charge in [-0.1, -0.05) is 17.7 Å². The number of hydrogen-bond acceptors (Lipinski definition) is 1. The number of thioether (sulfide) groups is 1. The van der Waals surface area contributed by atoms with Crippen molar-refractivity contribution in [2.75, 3.05) is 0 Å². The van der Waals surface area contributed by atoms with Gasteiger partial charge in [-0.3, -0.25) is 0 Å². The van der Waals surface area contributed by atoms with Crippen molar-refractivity contribution in [3.8, 4) is 0 Å². The second-order valence-electron chi connectivity index (χ2n) is 2.82. The molecule has 0 saturated heterocycles. The minimum absolute atomic E-state index is 1.32. The molecule has 1 aromatic carbocycles. The van der Waals surface area contributed by atoms with E-state index in [4.69, 9.17) is 0 Å². The molecular weight excluding hydrogens is 152 g/mol. The molecule has 0 nitrogen and oxygen atoms in total. The summed E-state index contributed by atoms with van der Waals surface area (Å²) in [4.78, 5) is 1.33. The van der Waals surface area contributed by atoms with Crippen LogP contribution in [0.15, 0.2) is 29.2 Å². The Labute approximate surface area is 73.0 Å². The van der Waals surface area contributed by atoms with E-state index in [0.717, 1.165) is 0 Å². The fourth-order valence-corrected chi connectivity index (χ4v) is 1.59. The van der Waals surface area contributed by atoms with Crippen molar-refractivity contribution in [3.63, 3.8) is 0 Å². The van der Waals surface area contributed by atoms with Gasteiger partial charge in [-0.15, -0.1) is 11.8 Å². The van der Waals surface area contributed by atoms with E-state index in [0.29, 0.717) is 0 Å². The van der Waals surface area contributed by atoms with Crippen molar-refractivity contribution in [1.29, 1.82) is 0 Å². The van der Waals surface area contributed by atoms with Crippen LogP contribution in [-0.2, 0) is 0 Å². The van der Waals surface area contributed by atoms with Crippen LogP contribution in [0.3, 0.4) is 0 Å². The van der Waals surface area contributed by atoms with Gasteiger partial charge >= 0.3 is 0 Å². The Morgan fingerprint density at radius 3 is 2.09 bits per heavy atom. The monoisotopic (exact) mass is 165 g/mol. The minimum atomic E-state index is 1.32. The Balaban J connectivity index is 2.66. The largest absolute Gasteiger partial charge is 0.118 e. The number of aryl methyl sites for hydroxylation is 1. The maximum atomic E-state index is 2.16. The maximum absolute atomic E-state index is 2.16. The molecule has 0 fully saturated rings. The number of benzene rings is 1. The lowest BCUT2D eigenvalue weighted by molar-refractivity contribution is 1.31. The Bertz CT molecular complexity index is 211. The maximum Gasteiger partial charge on any atom is 0.0295 e. The Kier molecular flexibility index (Phi) is 3.01. The lowest BCUT2D eigenvalue weighted by atomic mass is 10.2. The fraction of sp³-hybridized carbons (Fsp3) is 0.300. The Morgan fingerprint density at radius 2 is 1.64 bits per heavy atom. The SMILES string of the molecule is C[C](C)Sc1ccc(C)cc1. The van der Waals surface area contributed by atoms with Crippen LogP contribution in [0.1, 0.15) is 19.4 Å². The van der Waals surface area contributed by atoms with E-state index in [-0.39, 0.29) is 0 Å². The first kappa shape index (κ1) is 8.66. The average molecular weight is 165 g/mol. The van der Waals surface area contributed by atoms with Crippen molar-refractivity contribution >= 4 is 11.8 Å². The summed E-state index contributed by atoms with van der Waals surface area (Å²) in [6, 6.07) is 8.61. The highest BCUT2D eigenvalue weighted by Gasteiger charge is 1.96. The quantitative estimate of drug-likeness (QED) is 0.603. The van der Waals surface area contributed by atoms with E-state index >= 15 is 0 Å². The standard InChI is InChI=1S/C10H13S/c1-8(2)11-10-6-4-9(3)5-7-10/h4-7H,1-3H3. The molecule has 0 atom stereocenters. The van der Waals surface area contributed by atoms with E-state index < -0.39 is 0 Å². The molecule has 0 heterocycles. The predicted octanol–water partition coefficient (Wildman–Crippen LogP) is 3.66. The second-order valence-corrected chi connectivity index (χ2v) is 4.32. The highest BCUT2D eigenvalue weighted by molar-refractivity contribution is 8.02. The minimum Gasteiger partial charge on any atom is -0.118 e. The first-order chi connectivity index (χ1) is 5.18. The zero-order valence-electron chi connectivity index (χ0n) is 7.22. The summed E-state index contributed by atoms with van der Waals surface area (Å²) in [5.41, 5.74) is 1.32. The summed E-state index contributed by atoms with van der Waals surface area (Å²) < 4.78 is 0. The molecular formula is C10H13S. The van der Waals surface area contributed by atoms with Crippen LogP contribution in [0.5, 0.6) is 0 Å². The van der Waals surface area contributed by atoms with Crippen LogP contribution < -0.4 is 0 Å². The summed E-state index contributed by atoms with van der Waals surface area (Å²) in [5, 5.41) is 1.38. The van der Waals surface area contributed by atoms with E-state index in [2.05, 4.69) is 45.0 Å². The molecule has 1 radical (unpaired) electrons. The van der Waals surface area contributed by atoms with Crippen molar-refractivity contribution in [2.45, 2.75) is 25.7 Å². The molecule has 59 valence electrons. The van der Waals surface area contributed by atoms with Gasteiger partial charge in [0.05, 0.1) is 0 Å². The van der Waals surface area contributed by atoms with Gasteiger partial charge in [0.15, 0.2) is 0 Å². The van der Waals surface area contributed by atoms with Gasteiger partial charge in [-0.25, -0.2) is 0 Å². The Hall–Kier alpha value is -0.430. The number of hydrogen-bond donors (Lipinski definition) is 0. The molecule has 0 aliphatic rings. The van der Waals surface area contributed by atoms with Crippen molar-refractivity contribution in [2.24, 2.45) is 0 Å². The van der Waals surface area contributed by atoms with E-state index in [1.165, 1.54) is 15.7 Å². The molecule has 11 heavy (non-hydrogen) atoms. The fourth-order valence-electron chi connectivity index (χ4n) is 0.842. The highest BCUT2D eigenvalue weighted by Crippen LogP contribution is 2.27. The molecule has 0 spiro atoms. The van der Waals surface area contributed by atoms with Gasteiger partial charge in [0, 0.05) is 10.1 Å². The average Bonchev–Trinajstić information content (AvgIpc) is 1.93. The molecule has 0 bridgehead atoms. The lowest BCUT2D eigenvalue weighted by Crippen LogP contribution is -1.76. The predicted molar refractivity (Wildman–Crippen MR) is 51.6 cm³/mol. The third-order valence-corrected chi connectivity index (χ3v) is 2.26. The summed E-state index contributed by atoms with van der Waals surface area (Å²) in [7, 11) is 0. The van der Waals surface area contributed by atoms with Crippen LogP contribution in [0.2, 0.25) is 0 Å². The summed E-state index contributed by atoms with van der Waals surface area (Å²) in [5.74, 6) is 0. The molecule has 0 amide bonds. The van der Waals surface area contributed by atoms with E-state index in [1.54, 1.807) is 0 Å². The molecule has 0 unspecified atom stereocenters. The van der Waals surface area contributed by atoms with Crippen molar-refractivity contribution in [3.05, 3.63) is 35.1 Å². The molecule has 0 N–H and O–H groups in total. The van der Waals surface area contributed by atoms with E-state index in [9.17, 15) is 0 Å². The van der Waals surface area contributed by atoms with E-state index in [1.807, 2.05) is 11.8 Å². The van der Waals surface area contributed by atoms with Gasteiger partial charge in [0.2, 0.25) is 0 Å². The molecule has 1 aromatic rings. The first-order valence-electron chi connectivity index (χ1n) is 3.73. The molecule has 0 aliphatic carbocycles. The normalized spacial score (nSPS) is 10.5. The van der Waals surface area contributed by atoms with Gasteiger partial charge in [0.1, 0.15) is 0 Å². The van der Waals surface area contributed by atoms with Gasteiger partial charge < -0.3 is 0 Å². The smallest absolute Gasteiger partial charge is 0.0295 e. The van der Waals surface area contributed by atoms with Crippen LogP contribution in [0.4, 0.5) is 0 Å². The lowest BCUT2D eigenvalue weighted by Gasteiger charge is -2.03. The zero-order valence-corrected chi connectivity index (χ0v) is 8.03. The third-order valence-electron chi connectivity index (χ3n) is 1.34. The Morgan fingerprint density at radius 1 is 1.09 bits per heavy atom. The summed E-state index contributed by atoms with van der Waals surface area (Å²) in [6.07, 6.45) is 0. The summed E-state index contributed by atoms with van der Waals surface area (Å²) >= 11 is 1.82. The molecule has 0 aliphatic heterocycles. The van der Waals surface area contributed by atoms with Crippen LogP contribution in [-0.4, -0.2) is 0 Å². The van der Waals surface area contributed by atoms with Crippen molar-refractivity contribution < 1.29 is 0 Å². The van der Waals surface area contributed by atoms with Crippen molar-refractivity contribution in [1.82, 2.24) is 0 Å².